The maximum atomic E-state index is 14.2. The molecule has 5 amide bonds. The first kappa shape index (κ1) is 41.8. The summed E-state index contributed by atoms with van der Waals surface area (Å²) < 4.78 is 5.41. The van der Waals surface area contributed by atoms with Crippen LogP contribution in [-0.4, -0.2) is 99.8 Å². The van der Waals surface area contributed by atoms with Crippen molar-refractivity contribution in [3.63, 3.8) is 0 Å². The summed E-state index contributed by atoms with van der Waals surface area (Å²) in [5.41, 5.74) is -0.113. The van der Waals surface area contributed by atoms with E-state index in [-0.39, 0.29) is 36.4 Å². The van der Waals surface area contributed by atoms with Crippen LogP contribution >= 0.6 is 0 Å². The van der Waals surface area contributed by atoms with E-state index < -0.39 is 47.0 Å². The third-order valence-corrected chi connectivity index (χ3v) is 10.4. The fourth-order valence-electron chi connectivity index (χ4n) is 7.60. The molecule has 294 valence electrons. The minimum absolute atomic E-state index is 0.188. The van der Waals surface area contributed by atoms with Gasteiger partial charge in [0.05, 0.1) is 25.1 Å². The van der Waals surface area contributed by atoms with E-state index in [1.54, 1.807) is 11.8 Å². The summed E-state index contributed by atoms with van der Waals surface area (Å²) in [6.45, 7) is 13.9. The van der Waals surface area contributed by atoms with Gasteiger partial charge in [-0.15, -0.1) is 0 Å². The minimum Gasteiger partial charge on any atom is -0.449 e. The van der Waals surface area contributed by atoms with Crippen LogP contribution in [0.5, 0.6) is 0 Å². The molecule has 1 aromatic carbocycles. The number of piperidine rings is 1. The van der Waals surface area contributed by atoms with Crippen molar-refractivity contribution in [2.45, 2.75) is 135 Å². The molecule has 2 aliphatic heterocycles. The molecule has 1 saturated carbocycles. The van der Waals surface area contributed by atoms with Crippen LogP contribution in [-0.2, 0) is 30.3 Å². The fraction of sp³-hybridized carbons (Fsp3) is 0.675. The van der Waals surface area contributed by atoms with Gasteiger partial charge in [-0.2, -0.15) is 5.06 Å². The molecule has 53 heavy (non-hydrogen) atoms. The van der Waals surface area contributed by atoms with Gasteiger partial charge in [-0.05, 0) is 103 Å². The molecule has 0 unspecified atom stereocenters. The molecule has 0 aromatic heterocycles. The van der Waals surface area contributed by atoms with E-state index in [9.17, 15) is 29.2 Å². The monoisotopic (exact) mass is 738 g/mol. The Kier molecular flexibility index (Phi) is 14.5. The summed E-state index contributed by atoms with van der Waals surface area (Å²) in [7, 11) is 0. The fourth-order valence-corrected chi connectivity index (χ4v) is 7.60. The van der Waals surface area contributed by atoms with Gasteiger partial charge in [0.25, 0.3) is 0 Å². The number of benzene rings is 1. The van der Waals surface area contributed by atoms with Crippen LogP contribution in [0.25, 0.3) is 0 Å². The van der Waals surface area contributed by atoms with Crippen LogP contribution in [0, 0.1) is 17.8 Å². The molecule has 3 aliphatic rings. The number of hydrogen-bond acceptors (Lipinski definition) is 8. The first-order chi connectivity index (χ1) is 24.9. The maximum absolute atomic E-state index is 14.2. The molecule has 5 N–H and O–H groups in total. The zero-order valence-corrected chi connectivity index (χ0v) is 32.7. The van der Waals surface area contributed by atoms with E-state index in [4.69, 9.17) is 4.74 Å². The molecule has 0 bridgehead atoms. The summed E-state index contributed by atoms with van der Waals surface area (Å²) >= 11 is 0. The van der Waals surface area contributed by atoms with Crippen molar-refractivity contribution in [1.29, 1.82) is 0 Å². The van der Waals surface area contributed by atoms with Gasteiger partial charge in [-0.1, -0.05) is 56.3 Å². The molecule has 13 heteroatoms. The number of likely N-dealkylation sites (tertiary alicyclic amines) is 1. The number of hydrogen-bond donors (Lipinski definition) is 5. The first-order valence-corrected chi connectivity index (χ1v) is 19.3. The number of ether oxygens (including phenoxy) is 1. The molecule has 13 nitrogen and oxygen atoms in total. The van der Waals surface area contributed by atoms with Gasteiger partial charge in [-0.3, -0.25) is 19.2 Å². The van der Waals surface area contributed by atoms with E-state index in [1.807, 2.05) is 70.2 Å². The number of carbonyl (C=O) groups excluding carboxylic acids is 5. The molecule has 3 fully saturated rings. The van der Waals surface area contributed by atoms with Gasteiger partial charge in [0.2, 0.25) is 23.6 Å². The van der Waals surface area contributed by atoms with Gasteiger partial charge in [-0.25, -0.2) is 4.79 Å². The van der Waals surface area contributed by atoms with Crippen LogP contribution in [0.4, 0.5) is 4.79 Å². The van der Waals surface area contributed by atoms with Gasteiger partial charge >= 0.3 is 6.09 Å². The number of hydroxylamine groups is 2. The second-order valence-corrected chi connectivity index (χ2v) is 16.9. The van der Waals surface area contributed by atoms with E-state index in [1.165, 1.54) is 5.06 Å². The summed E-state index contributed by atoms with van der Waals surface area (Å²) in [5, 5.41) is 23.2. The minimum atomic E-state index is -0.845. The molecule has 0 radical (unpaired) electrons. The van der Waals surface area contributed by atoms with Gasteiger partial charge in [0, 0.05) is 23.7 Å². The molecular weight excluding hydrogens is 676 g/mol. The first-order valence-electron chi connectivity index (χ1n) is 19.3. The lowest BCUT2D eigenvalue weighted by molar-refractivity contribution is -0.246. The predicted octanol–water partition coefficient (Wildman–Crippen LogP) is 4.09. The number of carbonyl (C=O) groups is 5. The third-order valence-electron chi connectivity index (χ3n) is 10.4. The SMILES string of the molecule is CC(C)C[C@@H](/C=C/[C@H](Cc1ccccc1)C(=O)N1CCC[C@H]1C(=O)NCC(=O)N[C@@H](C)C(=O)NC1CC(C)(C)N(O)C(C)(C)C1)NC(=O)OCC1CC1. The van der Waals surface area contributed by atoms with Gasteiger partial charge in [0.15, 0.2) is 0 Å². The zero-order chi connectivity index (χ0) is 38.9. The zero-order valence-electron chi connectivity index (χ0n) is 32.7. The van der Waals surface area contributed by atoms with Crippen molar-refractivity contribution in [3.8, 4) is 0 Å². The van der Waals surface area contributed by atoms with Crippen LogP contribution < -0.4 is 21.3 Å². The number of amides is 5. The smallest absolute Gasteiger partial charge is 0.407 e. The molecular formula is C40H62N6O7. The summed E-state index contributed by atoms with van der Waals surface area (Å²) in [6.07, 6.45) is 8.66. The average molecular weight is 739 g/mol. The van der Waals surface area contributed by atoms with Crippen molar-refractivity contribution in [3.05, 3.63) is 48.0 Å². The Bertz CT molecular complexity index is 1440. The lowest BCUT2D eigenvalue weighted by atomic mass is 9.79. The molecule has 1 aromatic rings. The second-order valence-electron chi connectivity index (χ2n) is 16.9. The van der Waals surface area contributed by atoms with Crippen molar-refractivity contribution in [1.82, 2.24) is 31.2 Å². The molecule has 2 heterocycles. The van der Waals surface area contributed by atoms with Gasteiger partial charge < -0.3 is 36.1 Å². The van der Waals surface area contributed by atoms with Crippen molar-refractivity contribution >= 4 is 29.7 Å². The molecule has 1 aliphatic carbocycles. The van der Waals surface area contributed by atoms with E-state index in [0.717, 1.165) is 18.4 Å². The lowest BCUT2D eigenvalue weighted by Crippen LogP contribution is -2.63. The van der Waals surface area contributed by atoms with Crippen LogP contribution in [0.3, 0.4) is 0 Å². The number of nitrogens with one attached hydrogen (secondary N) is 4. The van der Waals surface area contributed by atoms with Crippen LogP contribution in [0.15, 0.2) is 42.5 Å². The Balaban J connectivity index is 1.34. The molecule has 4 atom stereocenters. The average Bonchev–Trinajstić information content (AvgIpc) is 3.79. The number of nitrogens with zero attached hydrogens (tertiary/aromatic N) is 2. The largest absolute Gasteiger partial charge is 0.449 e. The molecule has 0 spiro atoms. The van der Waals surface area contributed by atoms with Crippen molar-refractivity contribution < 1.29 is 33.9 Å². The highest BCUT2D eigenvalue weighted by molar-refractivity contribution is 5.93. The van der Waals surface area contributed by atoms with Crippen LogP contribution in [0.2, 0.25) is 0 Å². The standard InChI is InChI=1S/C40H62N6O7/c1-26(2)20-31(44-38(51)53-25-29-15-16-29)18-17-30(21-28-12-9-8-10-13-28)37(50)45-19-11-14-33(45)36(49)41-24-34(47)42-27(3)35(48)43-32-22-39(4,5)46(52)40(6,7)23-32/h8-10,12-13,17-18,26-27,29-33,52H,11,14-16,19-25H2,1-7H3,(H,41,49)(H,42,47)(H,43,48)(H,44,51)/b18-17+/t27-,30+,31+,33-/m0/s1. The number of alkyl carbamates (subject to hydrolysis) is 1. The summed E-state index contributed by atoms with van der Waals surface area (Å²) in [6, 6.07) is 7.56. The highest BCUT2D eigenvalue weighted by Crippen LogP contribution is 2.36. The normalized spacial score (nSPS) is 21.8. The van der Waals surface area contributed by atoms with E-state index in [2.05, 4.69) is 35.1 Å². The summed E-state index contributed by atoms with van der Waals surface area (Å²) in [5.74, 6) is -1.36. The Hall–Kier alpha value is -3.97. The summed E-state index contributed by atoms with van der Waals surface area (Å²) in [4.78, 5) is 67.6. The van der Waals surface area contributed by atoms with Crippen molar-refractivity contribution in [2.75, 3.05) is 19.7 Å². The number of rotatable bonds is 16. The molecule has 4 rings (SSSR count). The highest BCUT2D eigenvalue weighted by Gasteiger charge is 2.45. The maximum Gasteiger partial charge on any atom is 0.407 e. The topological polar surface area (TPSA) is 169 Å². The second kappa shape index (κ2) is 18.4. The predicted molar refractivity (Wildman–Crippen MR) is 202 cm³/mol. The van der Waals surface area contributed by atoms with Crippen LogP contribution in [0.1, 0.15) is 99.0 Å². The molecule has 2 saturated heterocycles. The van der Waals surface area contributed by atoms with E-state index >= 15 is 0 Å². The lowest BCUT2D eigenvalue weighted by Gasteiger charge is -2.51. The Morgan fingerprint density at radius 3 is 2.23 bits per heavy atom. The quantitative estimate of drug-likeness (QED) is 0.158. The van der Waals surface area contributed by atoms with Gasteiger partial charge in [0.1, 0.15) is 12.1 Å². The van der Waals surface area contributed by atoms with E-state index in [0.29, 0.717) is 57.6 Å². The third kappa shape index (κ3) is 12.6. The Morgan fingerprint density at radius 2 is 1.60 bits per heavy atom. The Labute approximate surface area is 315 Å². The highest BCUT2D eigenvalue weighted by atomic mass is 16.5. The Morgan fingerprint density at radius 1 is 0.943 bits per heavy atom. The van der Waals surface area contributed by atoms with Crippen molar-refractivity contribution in [2.24, 2.45) is 17.8 Å².